The van der Waals surface area contributed by atoms with E-state index < -0.39 is 10.4 Å². The Morgan fingerprint density at radius 3 is 0.939 bits per heavy atom. The Bertz CT molecular complexity index is 395. The molecule has 2 N–H and O–H groups in total. The average Bonchev–Trinajstić information content (AvgIpc) is 2.75. The van der Waals surface area contributed by atoms with Crippen molar-refractivity contribution in [2.24, 2.45) is 0 Å². The minimum Gasteiger partial charge on any atom is -1.00 e. The molecule has 0 aliphatic rings. The van der Waals surface area contributed by atoms with Crippen LogP contribution >= 0.6 is 0 Å². The first-order valence-electron chi connectivity index (χ1n) is 13.2. The summed E-state index contributed by atoms with van der Waals surface area (Å²) in [6.45, 7) is 12.6. The van der Waals surface area contributed by atoms with Crippen molar-refractivity contribution in [3.8, 4) is 0 Å². The summed E-state index contributed by atoms with van der Waals surface area (Å²) in [4.78, 5) is 0. The molecule has 0 rings (SSSR count). The third-order valence-corrected chi connectivity index (χ3v) is 5.28. The van der Waals surface area contributed by atoms with Gasteiger partial charge in [0.15, 0.2) is 0 Å². The summed E-state index contributed by atoms with van der Waals surface area (Å²) in [6.07, 6.45) is 28.2. The van der Waals surface area contributed by atoms with Gasteiger partial charge < -0.3 is 6.16 Å². The zero-order valence-corrected chi connectivity index (χ0v) is 25.3. The van der Waals surface area contributed by atoms with Gasteiger partial charge in [-0.25, -0.2) is 0 Å². The van der Waals surface area contributed by atoms with Crippen LogP contribution in [0.2, 0.25) is 0 Å². The van der Waals surface area contributed by atoms with Gasteiger partial charge in [0.1, 0.15) is 0 Å². The van der Waals surface area contributed by atoms with Crippen LogP contribution < -0.4 is 29.6 Å². The van der Waals surface area contributed by atoms with E-state index in [0.29, 0.717) is 0 Å². The number of hydrogen-bond donors (Lipinski definition) is 2. The topological polar surface area (TPSA) is 83.8 Å². The van der Waals surface area contributed by atoms with E-state index in [9.17, 15) is 0 Å². The molecule has 198 valence electrons. The number of unbranched alkanes of at least 4 members (excludes halogenated alkanes) is 18. The van der Waals surface area contributed by atoms with E-state index in [2.05, 4.69) is 27.0 Å². The van der Waals surface area contributed by atoms with E-state index in [1.165, 1.54) is 128 Å². The van der Waals surface area contributed by atoms with Crippen molar-refractivity contribution in [3.05, 3.63) is 13.2 Å². The van der Waals surface area contributed by atoms with Gasteiger partial charge in [0, 0.05) is 13.2 Å². The number of rotatable bonds is 22. The van der Waals surface area contributed by atoms with Gasteiger partial charge in [0.2, 0.25) is 0 Å². The Balaban J connectivity index is -0.000000274. The quantitative estimate of drug-likeness (QED) is 0.0804. The molecule has 0 atom stereocenters. The van der Waals surface area contributed by atoms with Crippen LogP contribution in [0.5, 0.6) is 0 Å². The molecule has 0 heterocycles. The SMILES string of the molecule is C=C.CCCCCCCCCCCCOCCCCCCCCCCCC.O=S(=O)(O)O.[H-].[Na+]. The van der Waals surface area contributed by atoms with E-state index in [0.717, 1.165) is 13.2 Å². The van der Waals surface area contributed by atoms with E-state index in [-0.39, 0.29) is 31.0 Å². The molecule has 0 fully saturated rings. The molecule has 0 aromatic heterocycles. The molecule has 33 heavy (non-hydrogen) atoms. The van der Waals surface area contributed by atoms with Gasteiger partial charge in [0.25, 0.3) is 0 Å². The molecule has 0 aromatic rings. The standard InChI is InChI=1S/C24H50O.C2H4.Na.H2O4S.H/c1-3-5-7-9-11-13-15-17-19-21-23-25-24-22-20-18-16-14-12-10-8-6-4-2;1-2;;1-5(2,3)4;/h3-24H2,1-2H3;1-2H2;;(H2,1,2,3,4);/q;;+1;;-1. The molecule has 0 spiro atoms. The monoisotopic (exact) mass is 504 g/mol. The first-order chi connectivity index (χ1) is 15.4. The molecular weight excluding hydrogens is 447 g/mol. The fraction of sp³-hybridized carbons (Fsp3) is 0.923. The van der Waals surface area contributed by atoms with Gasteiger partial charge in [-0.2, -0.15) is 8.42 Å². The summed E-state index contributed by atoms with van der Waals surface area (Å²) < 4.78 is 37.4. The first kappa shape index (κ1) is 40.7. The maximum atomic E-state index is 8.74. The summed E-state index contributed by atoms with van der Waals surface area (Å²) in [5.41, 5.74) is 0. The molecule has 0 amide bonds. The zero-order valence-electron chi connectivity index (χ0n) is 23.5. The fourth-order valence-electron chi connectivity index (χ4n) is 3.49. The normalized spacial score (nSPS) is 10.4. The minimum absolute atomic E-state index is 0. The van der Waals surface area contributed by atoms with Crippen LogP contribution in [-0.4, -0.2) is 30.7 Å². The van der Waals surface area contributed by atoms with Crippen molar-refractivity contribution in [1.29, 1.82) is 0 Å². The summed E-state index contributed by atoms with van der Waals surface area (Å²) >= 11 is 0. The Morgan fingerprint density at radius 2 is 0.727 bits per heavy atom. The predicted molar refractivity (Wildman–Crippen MR) is 141 cm³/mol. The van der Waals surface area contributed by atoms with Gasteiger partial charge in [-0.1, -0.05) is 129 Å². The van der Waals surface area contributed by atoms with Crippen LogP contribution in [0.1, 0.15) is 144 Å². The van der Waals surface area contributed by atoms with Gasteiger partial charge >= 0.3 is 40.0 Å². The molecular formula is C26H57NaO5S. The van der Waals surface area contributed by atoms with Crippen molar-refractivity contribution in [1.82, 2.24) is 0 Å². The van der Waals surface area contributed by atoms with Crippen molar-refractivity contribution in [2.75, 3.05) is 13.2 Å². The van der Waals surface area contributed by atoms with Crippen LogP contribution in [0.25, 0.3) is 0 Å². The summed E-state index contributed by atoms with van der Waals surface area (Å²) in [5.74, 6) is 0. The maximum Gasteiger partial charge on any atom is 1.00 e. The van der Waals surface area contributed by atoms with Crippen molar-refractivity contribution in [2.45, 2.75) is 142 Å². The Labute approximate surface area is 231 Å². The van der Waals surface area contributed by atoms with Crippen LogP contribution in [-0.2, 0) is 15.1 Å². The Hall–Kier alpha value is 0.570. The van der Waals surface area contributed by atoms with Gasteiger partial charge in [-0.15, -0.1) is 13.2 Å². The second-order valence-corrected chi connectivity index (χ2v) is 9.32. The van der Waals surface area contributed by atoms with Gasteiger partial charge in [-0.3, -0.25) is 9.11 Å². The maximum absolute atomic E-state index is 8.74. The largest absolute Gasteiger partial charge is 1.00 e. The number of ether oxygens (including phenoxy) is 1. The summed E-state index contributed by atoms with van der Waals surface area (Å²) in [7, 11) is -4.67. The molecule has 0 radical (unpaired) electrons. The summed E-state index contributed by atoms with van der Waals surface area (Å²) in [5, 5.41) is 0. The molecule has 0 aliphatic carbocycles. The molecule has 0 saturated heterocycles. The van der Waals surface area contributed by atoms with Crippen LogP contribution in [0, 0.1) is 0 Å². The average molecular weight is 505 g/mol. The zero-order chi connectivity index (χ0) is 24.8. The van der Waals surface area contributed by atoms with Crippen LogP contribution in [0.3, 0.4) is 0 Å². The number of hydrogen-bond acceptors (Lipinski definition) is 3. The smallest absolute Gasteiger partial charge is 1.00 e. The Morgan fingerprint density at radius 1 is 0.545 bits per heavy atom. The van der Waals surface area contributed by atoms with E-state index in [1.807, 2.05) is 0 Å². The van der Waals surface area contributed by atoms with Crippen LogP contribution in [0.4, 0.5) is 0 Å². The van der Waals surface area contributed by atoms with Gasteiger partial charge in [0.05, 0.1) is 0 Å². The molecule has 5 nitrogen and oxygen atoms in total. The Kier molecular flexibility index (Phi) is 45.8. The molecule has 7 heteroatoms. The third-order valence-electron chi connectivity index (χ3n) is 5.28. The van der Waals surface area contributed by atoms with Crippen molar-refractivity contribution in [3.63, 3.8) is 0 Å². The van der Waals surface area contributed by atoms with E-state index in [4.69, 9.17) is 22.3 Å². The van der Waals surface area contributed by atoms with E-state index in [1.54, 1.807) is 0 Å². The van der Waals surface area contributed by atoms with Crippen molar-refractivity contribution >= 4 is 10.4 Å². The van der Waals surface area contributed by atoms with E-state index >= 15 is 0 Å². The fourth-order valence-corrected chi connectivity index (χ4v) is 3.49. The first-order valence-corrected chi connectivity index (χ1v) is 14.6. The molecule has 0 unspecified atom stereocenters. The van der Waals surface area contributed by atoms with Crippen LogP contribution in [0.15, 0.2) is 13.2 Å². The molecule has 0 aliphatic heterocycles. The van der Waals surface area contributed by atoms with Crippen molar-refractivity contribution < 1.29 is 53.2 Å². The van der Waals surface area contributed by atoms with Gasteiger partial charge in [-0.05, 0) is 12.8 Å². The second kappa shape index (κ2) is 37.1. The molecule has 0 aromatic carbocycles. The minimum atomic E-state index is -4.67. The predicted octanol–water partition coefficient (Wildman–Crippen LogP) is 6.11. The summed E-state index contributed by atoms with van der Waals surface area (Å²) in [6, 6.07) is 0. The molecule has 0 bridgehead atoms. The molecule has 0 saturated carbocycles. The second-order valence-electron chi connectivity index (χ2n) is 8.42. The third kappa shape index (κ3) is 59.8.